The molecular formula is C27H30ClN3O5S. The number of rotatable bonds is 10. The molecule has 0 bridgehead atoms. The second-order valence-corrected chi connectivity index (χ2v) is 10.8. The van der Waals surface area contributed by atoms with Gasteiger partial charge in [0.2, 0.25) is 11.8 Å². The number of carbonyl (C=O) groups excluding carboxylic acids is 2. The monoisotopic (exact) mass is 543 g/mol. The molecule has 0 aromatic heterocycles. The van der Waals surface area contributed by atoms with Gasteiger partial charge >= 0.3 is 0 Å². The summed E-state index contributed by atoms with van der Waals surface area (Å²) in [4.78, 5) is 27.6. The molecule has 0 aliphatic heterocycles. The van der Waals surface area contributed by atoms with Gasteiger partial charge in [-0.15, -0.1) is 0 Å². The minimum absolute atomic E-state index is 0.00717. The van der Waals surface area contributed by atoms with E-state index in [1.807, 2.05) is 13.0 Å². The molecule has 0 spiro atoms. The molecule has 8 nitrogen and oxygen atoms in total. The number of sulfonamides is 1. The van der Waals surface area contributed by atoms with E-state index in [9.17, 15) is 18.0 Å². The Kier molecular flexibility index (Phi) is 9.18. The van der Waals surface area contributed by atoms with E-state index in [2.05, 4.69) is 5.32 Å². The Morgan fingerprint density at radius 1 is 1.03 bits per heavy atom. The first kappa shape index (κ1) is 28.0. The third kappa shape index (κ3) is 6.81. The third-order valence-electron chi connectivity index (χ3n) is 5.90. The normalized spacial score (nSPS) is 11.9. The number of nitrogens with zero attached hydrogens (tertiary/aromatic N) is 2. The summed E-state index contributed by atoms with van der Waals surface area (Å²) >= 11 is 5.96. The lowest BCUT2D eigenvalue weighted by Gasteiger charge is -2.32. The molecule has 2 amide bonds. The standard InChI is InChI=1S/C27H30ClN3O5S/c1-19-6-5-7-23(16-19)31(37(34,35)25-14-10-22(28)11-15-25)18-26(32)30(20(2)27(33)29-3)17-21-8-12-24(36-4)13-9-21/h5-16,20H,17-18H2,1-4H3,(H,29,33)/t20-/m1/s1. The van der Waals surface area contributed by atoms with Gasteiger partial charge in [-0.2, -0.15) is 0 Å². The van der Waals surface area contributed by atoms with Gasteiger partial charge in [0.1, 0.15) is 18.3 Å². The second-order valence-electron chi connectivity index (χ2n) is 8.46. The van der Waals surface area contributed by atoms with Crippen molar-refractivity contribution >= 4 is 39.1 Å². The number of ether oxygens (including phenoxy) is 1. The lowest BCUT2D eigenvalue weighted by molar-refractivity contribution is -0.139. The molecule has 196 valence electrons. The van der Waals surface area contributed by atoms with E-state index in [-0.39, 0.29) is 17.3 Å². The molecule has 0 saturated carbocycles. The van der Waals surface area contributed by atoms with Crippen LogP contribution >= 0.6 is 11.6 Å². The number of carbonyl (C=O) groups is 2. The van der Waals surface area contributed by atoms with Crippen molar-refractivity contribution in [1.82, 2.24) is 10.2 Å². The molecule has 37 heavy (non-hydrogen) atoms. The zero-order valence-electron chi connectivity index (χ0n) is 21.1. The number of methoxy groups -OCH3 is 1. The van der Waals surface area contributed by atoms with Gasteiger partial charge in [0.15, 0.2) is 0 Å². The highest BCUT2D eigenvalue weighted by atomic mass is 35.5. The molecule has 0 unspecified atom stereocenters. The molecule has 3 rings (SSSR count). The van der Waals surface area contributed by atoms with Crippen LogP contribution in [0.1, 0.15) is 18.1 Å². The molecule has 1 N–H and O–H groups in total. The molecular weight excluding hydrogens is 514 g/mol. The Labute approximate surface area is 222 Å². The fourth-order valence-corrected chi connectivity index (χ4v) is 5.30. The average Bonchev–Trinajstić information content (AvgIpc) is 2.89. The van der Waals surface area contributed by atoms with Crippen LogP contribution < -0.4 is 14.4 Å². The van der Waals surface area contributed by atoms with Gasteiger partial charge in [0.25, 0.3) is 10.0 Å². The second kappa shape index (κ2) is 12.1. The minimum Gasteiger partial charge on any atom is -0.497 e. The van der Waals surface area contributed by atoms with Crippen LogP contribution in [-0.4, -0.2) is 51.9 Å². The summed E-state index contributed by atoms with van der Waals surface area (Å²) < 4.78 is 33.7. The van der Waals surface area contributed by atoms with Crippen molar-refractivity contribution in [3.05, 3.63) is 88.9 Å². The van der Waals surface area contributed by atoms with Crippen molar-refractivity contribution in [2.45, 2.75) is 31.3 Å². The summed E-state index contributed by atoms with van der Waals surface area (Å²) in [5.74, 6) is -0.254. The van der Waals surface area contributed by atoms with Crippen molar-refractivity contribution in [3.8, 4) is 5.75 Å². The maximum atomic E-state index is 13.7. The van der Waals surface area contributed by atoms with E-state index in [1.165, 1.54) is 36.2 Å². The summed E-state index contributed by atoms with van der Waals surface area (Å²) in [6, 6.07) is 18.9. The number of hydrogen-bond donors (Lipinski definition) is 1. The Bertz CT molecular complexity index is 1350. The minimum atomic E-state index is -4.14. The molecule has 0 aliphatic rings. The maximum absolute atomic E-state index is 13.7. The molecule has 1 atom stereocenters. The first-order valence-corrected chi connectivity index (χ1v) is 13.4. The Hall–Kier alpha value is -3.56. The molecule has 0 radical (unpaired) electrons. The fraction of sp³-hybridized carbons (Fsp3) is 0.259. The van der Waals surface area contributed by atoms with Gasteiger partial charge in [-0.3, -0.25) is 13.9 Å². The van der Waals surface area contributed by atoms with Gasteiger partial charge < -0.3 is 15.0 Å². The molecule has 0 fully saturated rings. The summed E-state index contributed by atoms with van der Waals surface area (Å²) in [6.45, 7) is 3.03. The van der Waals surface area contributed by atoms with Crippen molar-refractivity contribution in [2.24, 2.45) is 0 Å². The highest BCUT2D eigenvalue weighted by molar-refractivity contribution is 7.92. The van der Waals surface area contributed by atoms with Crippen molar-refractivity contribution in [3.63, 3.8) is 0 Å². The Morgan fingerprint density at radius 3 is 2.24 bits per heavy atom. The quantitative estimate of drug-likeness (QED) is 0.417. The first-order chi connectivity index (χ1) is 17.6. The van der Waals surface area contributed by atoms with Crippen LogP contribution in [0.2, 0.25) is 5.02 Å². The maximum Gasteiger partial charge on any atom is 0.264 e. The smallest absolute Gasteiger partial charge is 0.264 e. The molecule has 0 aliphatic carbocycles. The van der Waals surface area contributed by atoms with E-state index in [4.69, 9.17) is 16.3 Å². The van der Waals surface area contributed by atoms with E-state index >= 15 is 0 Å². The van der Waals surface area contributed by atoms with Crippen LogP contribution in [0, 0.1) is 6.92 Å². The van der Waals surface area contributed by atoms with E-state index in [0.717, 1.165) is 15.4 Å². The predicted octanol–water partition coefficient (Wildman–Crippen LogP) is 4.02. The number of aryl methyl sites for hydroxylation is 1. The summed E-state index contributed by atoms with van der Waals surface area (Å²) in [5, 5.41) is 2.95. The number of benzene rings is 3. The highest BCUT2D eigenvalue weighted by Gasteiger charge is 2.32. The van der Waals surface area contributed by atoms with Gasteiger partial charge in [-0.1, -0.05) is 35.9 Å². The van der Waals surface area contributed by atoms with Crippen molar-refractivity contribution in [2.75, 3.05) is 25.0 Å². The summed E-state index contributed by atoms with van der Waals surface area (Å²) in [5.41, 5.74) is 1.92. The summed E-state index contributed by atoms with van der Waals surface area (Å²) in [6.07, 6.45) is 0. The first-order valence-electron chi connectivity index (χ1n) is 11.6. The molecule has 3 aromatic carbocycles. The lowest BCUT2D eigenvalue weighted by Crippen LogP contribution is -2.50. The topological polar surface area (TPSA) is 96.0 Å². The molecule has 0 saturated heterocycles. The van der Waals surface area contributed by atoms with Crippen LogP contribution in [0.5, 0.6) is 5.75 Å². The lowest BCUT2D eigenvalue weighted by atomic mass is 10.1. The summed E-state index contributed by atoms with van der Waals surface area (Å²) in [7, 11) is -1.10. The van der Waals surface area contributed by atoms with Crippen LogP contribution in [0.15, 0.2) is 77.7 Å². The number of likely N-dealkylation sites (N-methyl/N-ethyl adjacent to an activating group) is 1. The van der Waals surface area contributed by atoms with Gasteiger partial charge in [-0.25, -0.2) is 8.42 Å². The number of anilines is 1. The fourth-order valence-electron chi connectivity index (χ4n) is 3.76. The highest BCUT2D eigenvalue weighted by Crippen LogP contribution is 2.26. The number of halogens is 1. The van der Waals surface area contributed by atoms with E-state index in [0.29, 0.717) is 16.5 Å². The average molecular weight is 544 g/mol. The van der Waals surface area contributed by atoms with Crippen molar-refractivity contribution in [1.29, 1.82) is 0 Å². The van der Waals surface area contributed by atoms with Gasteiger partial charge in [0, 0.05) is 18.6 Å². The van der Waals surface area contributed by atoms with Crippen LogP contribution in [0.25, 0.3) is 0 Å². The van der Waals surface area contributed by atoms with E-state index < -0.39 is 28.5 Å². The van der Waals surface area contributed by atoms with Gasteiger partial charge in [0.05, 0.1) is 17.7 Å². The largest absolute Gasteiger partial charge is 0.497 e. The zero-order chi connectivity index (χ0) is 27.2. The SMILES string of the molecule is CNC(=O)[C@@H](C)N(Cc1ccc(OC)cc1)C(=O)CN(c1cccc(C)c1)S(=O)(=O)c1ccc(Cl)cc1. The van der Waals surface area contributed by atoms with Crippen LogP contribution in [0.4, 0.5) is 5.69 Å². The van der Waals surface area contributed by atoms with Crippen LogP contribution in [-0.2, 0) is 26.2 Å². The molecule has 0 heterocycles. The Morgan fingerprint density at radius 2 is 1.68 bits per heavy atom. The molecule has 10 heteroatoms. The zero-order valence-corrected chi connectivity index (χ0v) is 22.7. The Balaban J connectivity index is 2.01. The van der Waals surface area contributed by atoms with E-state index in [1.54, 1.807) is 56.5 Å². The third-order valence-corrected chi connectivity index (χ3v) is 7.94. The van der Waals surface area contributed by atoms with Gasteiger partial charge in [-0.05, 0) is 73.5 Å². The number of amides is 2. The molecule has 3 aromatic rings. The number of nitrogens with one attached hydrogen (secondary N) is 1. The van der Waals surface area contributed by atoms with Crippen LogP contribution in [0.3, 0.4) is 0 Å². The number of hydrogen-bond acceptors (Lipinski definition) is 5. The van der Waals surface area contributed by atoms with Crippen molar-refractivity contribution < 1.29 is 22.7 Å². The predicted molar refractivity (Wildman–Crippen MR) is 144 cm³/mol.